The van der Waals surface area contributed by atoms with Gasteiger partial charge in [0, 0.05) is 13.8 Å². The van der Waals surface area contributed by atoms with Gasteiger partial charge in [0.25, 0.3) is 5.79 Å². The Kier molecular flexibility index (Phi) is 6.58. The fourth-order valence-corrected chi connectivity index (χ4v) is 3.72. The average Bonchev–Trinajstić information content (AvgIpc) is 2.42. The largest absolute Gasteiger partial charge is 0.542 e. The molecule has 0 N–H and O–H groups in total. The molecule has 1 heterocycles. The van der Waals surface area contributed by atoms with E-state index in [0.717, 1.165) is 3.57 Å². The summed E-state index contributed by atoms with van der Waals surface area (Å²) < 4.78 is 42.0. The minimum absolute atomic E-state index is 0.470. The molecule has 1 aliphatic rings. The smallest absolute Gasteiger partial charge is 0.430 e. The van der Waals surface area contributed by atoms with Gasteiger partial charge in [-0.3, -0.25) is 0 Å². The van der Waals surface area contributed by atoms with Gasteiger partial charge in [0.15, 0.2) is 3.57 Å². The zero-order valence-corrected chi connectivity index (χ0v) is 14.6. The van der Waals surface area contributed by atoms with Crippen LogP contribution in [0.2, 0.25) is 0 Å². The number of carbonyl (C=O) groups is 3. The van der Waals surface area contributed by atoms with Crippen molar-refractivity contribution < 1.29 is 63.3 Å². The van der Waals surface area contributed by atoms with Crippen LogP contribution in [-0.4, -0.2) is 33.8 Å². The molecule has 0 amide bonds. The van der Waals surface area contributed by atoms with Gasteiger partial charge in [0.2, 0.25) is 0 Å². The van der Waals surface area contributed by atoms with E-state index in [1.54, 1.807) is 13.8 Å². The summed E-state index contributed by atoms with van der Waals surface area (Å²) >= 11 is -0.766. The highest BCUT2D eigenvalue weighted by Crippen LogP contribution is 2.17. The Morgan fingerprint density at radius 2 is 1.54 bits per heavy atom. The summed E-state index contributed by atoms with van der Waals surface area (Å²) in [5.41, 5.74) is 0. The van der Waals surface area contributed by atoms with Crippen LogP contribution in [0.15, 0.2) is 30.3 Å². The third-order valence-corrected chi connectivity index (χ3v) is 5.38. The number of rotatable bonds is 2. The summed E-state index contributed by atoms with van der Waals surface area (Å²) in [4.78, 5) is 32.2. The van der Waals surface area contributed by atoms with Gasteiger partial charge in [-0.15, -0.1) is 0 Å². The lowest BCUT2D eigenvalue weighted by atomic mass is 10.3. The summed E-state index contributed by atoms with van der Waals surface area (Å²) in [5, 5.41) is 8.78. The molecular formula is C14H12F3IO6. The van der Waals surface area contributed by atoms with Crippen molar-refractivity contribution in [3.8, 4) is 0 Å². The van der Waals surface area contributed by atoms with Crippen LogP contribution in [0.4, 0.5) is 13.2 Å². The second-order valence-corrected chi connectivity index (χ2v) is 7.91. The first-order valence-electron chi connectivity index (χ1n) is 6.35. The molecule has 0 spiro atoms. The Bertz CT molecular complexity index is 595. The minimum atomic E-state index is -5.19. The lowest BCUT2D eigenvalue weighted by molar-refractivity contribution is -0.644. The van der Waals surface area contributed by atoms with E-state index in [0.29, 0.717) is 0 Å². The summed E-state index contributed by atoms with van der Waals surface area (Å²) in [6, 6.07) is 9.49. The van der Waals surface area contributed by atoms with Crippen LogP contribution in [-0.2, 0) is 23.9 Å². The lowest BCUT2D eigenvalue weighted by Gasteiger charge is -2.29. The second-order valence-electron chi connectivity index (χ2n) is 4.79. The lowest BCUT2D eigenvalue weighted by Crippen LogP contribution is -3.66. The van der Waals surface area contributed by atoms with Crippen molar-refractivity contribution in [1.29, 1.82) is 0 Å². The number of cyclic esters (lactones) is 2. The van der Waals surface area contributed by atoms with Crippen LogP contribution in [0.3, 0.4) is 0 Å². The molecule has 2 rings (SSSR count). The molecule has 0 saturated carbocycles. The fourth-order valence-electron chi connectivity index (χ4n) is 1.41. The van der Waals surface area contributed by atoms with Crippen LogP contribution < -0.4 is 26.3 Å². The number of carboxylic acid groups (broad SMARTS) is 1. The SMILES string of the molecule is CC1(C)OC(=O)C([I+]c2ccccc2)C(=O)O1.O=C([O-])C(F)(F)F. The maximum Gasteiger partial charge on any atom is 0.430 e. The molecule has 0 bridgehead atoms. The van der Waals surface area contributed by atoms with Gasteiger partial charge in [0.1, 0.15) is 5.97 Å². The van der Waals surface area contributed by atoms with Gasteiger partial charge >= 0.3 is 43.2 Å². The number of ether oxygens (including phenoxy) is 2. The van der Waals surface area contributed by atoms with Crippen molar-refractivity contribution in [3.63, 3.8) is 0 Å². The third kappa shape index (κ3) is 6.34. The zero-order chi connectivity index (χ0) is 18.5. The van der Waals surface area contributed by atoms with Crippen LogP contribution in [0.1, 0.15) is 13.8 Å². The summed E-state index contributed by atoms with van der Waals surface area (Å²) in [6.07, 6.45) is -5.19. The molecule has 6 nitrogen and oxygen atoms in total. The molecule has 1 aromatic rings. The predicted octanol–water partition coefficient (Wildman–Crippen LogP) is -2.55. The van der Waals surface area contributed by atoms with Gasteiger partial charge < -0.3 is 19.4 Å². The van der Waals surface area contributed by atoms with Crippen LogP contribution in [0.5, 0.6) is 0 Å². The Hall–Kier alpha value is -1.85. The molecule has 0 radical (unpaired) electrons. The Morgan fingerprint density at radius 3 is 1.92 bits per heavy atom. The van der Waals surface area contributed by atoms with Gasteiger partial charge in [-0.1, -0.05) is 18.2 Å². The topological polar surface area (TPSA) is 92.7 Å². The maximum absolute atomic E-state index is 11.7. The van der Waals surface area contributed by atoms with E-state index in [1.165, 1.54) is 0 Å². The van der Waals surface area contributed by atoms with Crippen molar-refractivity contribution in [1.82, 2.24) is 0 Å². The Balaban J connectivity index is 0.000000351. The molecule has 10 heteroatoms. The third-order valence-electron chi connectivity index (χ3n) is 2.31. The number of alkyl halides is 4. The van der Waals surface area contributed by atoms with E-state index >= 15 is 0 Å². The molecule has 0 atom stereocenters. The van der Waals surface area contributed by atoms with E-state index in [-0.39, 0.29) is 0 Å². The highest BCUT2D eigenvalue weighted by atomic mass is 127. The molecule has 132 valence electrons. The summed E-state index contributed by atoms with van der Waals surface area (Å²) in [6.45, 7) is 3.11. The first kappa shape index (κ1) is 20.2. The first-order chi connectivity index (χ1) is 10.9. The molecule has 1 fully saturated rings. The van der Waals surface area contributed by atoms with E-state index in [1.807, 2.05) is 30.3 Å². The molecular weight excluding hydrogens is 448 g/mol. The highest BCUT2D eigenvalue weighted by Gasteiger charge is 2.52. The molecule has 0 aromatic heterocycles. The number of esters is 2. The molecule has 0 unspecified atom stereocenters. The number of hydrogen-bond donors (Lipinski definition) is 0. The number of carboxylic acids is 1. The molecule has 0 aliphatic carbocycles. The van der Waals surface area contributed by atoms with Crippen LogP contribution in [0, 0.1) is 3.57 Å². The predicted molar refractivity (Wildman–Crippen MR) is 66.3 cm³/mol. The van der Waals surface area contributed by atoms with Gasteiger partial charge in [0.05, 0.1) is 0 Å². The van der Waals surface area contributed by atoms with E-state index in [4.69, 9.17) is 19.4 Å². The average molecular weight is 460 g/mol. The normalized spacial score (nSPS) is 17.2. The van der Waals surface area contributed by atoms with Crippen LogP contribution in [0.25, 0.3) is 0 Å². The monoisotopic (exact) mass is 460 g/mol. The van der Waals surface area contributed by atoms with Crippen molar-refractivity contribution in [3.05, 3.63) is 33.9 Å². The maximum atomic E-state index is 11.7. The summed E-state index contributed by atoms with van der Waals surface area (Å²) in [7, 11) is 0. The zero-order valence-electron chi connectivity index (χ0n) is 12.4. The van der Waals surface area contributed by atoms with E-state index < -0.39 is 55.0 Å². The Morgan fingerprint density at radius 1 is 1.12 bits per heavy atom. The second kappa shape index (κ2) is 7.81. The van der Waals surface area contributed by atoms with Crippen molar-refractivity contribution in [2.45, 2.75) is 29.7 Å². The number of aliphatic carboxylic acids is 1. The number of carbonyl (C=O) groups excluding carboxylic acids is 3. The van der Waals surface area contributed by atoms with Crippen molar-refractivity contribution in [2.24, 2.45) is 0 Å². The quantitative estimate of drug-likeness (QED) is 0.209. The van der Waals surface area contributed by atoms with Crippen molar-refractivity contribution >= 4 is 17.9 Å². The van der Waals surface area contributed by atoms with E-state index in [2.05, 4.69) is 0 Å². The van der Waals surface area contributed by atoms with Crippen LogP contribution >= 0.6 is 0 Å². The van der Waals surface area contributed by atoms with Gasteiger partial charge in [-0.25, -0.2) is 9.59 Å². The molecule has 1 aromatic carbocycles. The molecule has 24 heavy (non-hydrogen) atoms. The molecule has 1 saturated heterocycles. The first-order valence-corrected chi connectivity index (χ1v) is 8.67. The number of benzene rings is 1. The van der Waals surface area contributed by atoms with Crippen molar-refractivity contribution in [2.75, 3.05) is 0 Å². The number of hydrogen-bond acceptors (Lipinski definition) is 6. The van der Waals surface area contributed by atoms with E-state index in [9.17, 15) is 22.8 Å². The summed E-state index contributed by atoms with van der Waals surface area (Å²) in [5.74, 6) is -5.08. The molecule has 1 aliphatic heterocycles. The Labute approximate surface area is 145 Å². The minimum Gasteiger partial charge on any atom is -0.542 e. The standard InChI is InChI=1S/C12H12IO4.C2HF3O2/c1-12(2)16-10(14)9(11(15)17-12)13-8-6-4-3-5-7-8;3-2(4,5)1(6)7/h3-7,9H,1-2H3;(H,6,7)/q+1;/p-1. The number of halogens is 4. The highest BCUT2D eigenvalue weighted by molar-refractivity contribution is 5.99. The fraction of sp³-hybridized carbons (Fsp3) is 0.357. The van der Waals surface area contributed by atoms with Gasteiger partial charge in [-0.2, -0.15) is 13.2 Å². The van der Waals surface area contributed by atoms with Gasteiger partial charge in [-0.05, 0) is 12.1 Å².